The molecule has 1 fully saturated rings. The summed E-state index contributed by atoms with van der Waals surface area (Å²) >= 11 is 0. The maximum Gasteiger partial charge on any atom is 0.319 e. The van der Waals surface area contributed by atoms with Gasteiger partial charge in [0.25, 0.3) is 0 Å². The number of rotatable bonds is 4. The lowest BCUT2D eigenvalue weighted by Gasteiger charge is -2.34. The average molecular weight is 293 g/mol. The van der Waals surface area contributed by atoms with E-state index in [-0.39, 0.29) is 6.03 Å². The Morgan fingerprint density at radius 1 is 1.43 bits per heavy atom. The van der Waals surface area contributed by atoms with Crippen LogP contribution in [0.2, 0.25) is 0 Å². The molecule has 1 N–H and O–H groups in total. The van der Waals surface area contributed by atoms with Crippen LogP contribution in [-0.2, 0) is 20.0 Å². The average Bonchev–Trinajstić information content (AvgIpc) is 2.85. The summed E-state index contributed by atoms with van der Waals surface area (Å²) in [7, 11) is 5.58. The molecule has 0 aromatic carbocycles. The highest BCUT2D eigenvalue weighted by atomic mass is 16.2. The summed E-state index contributed by atoms with van der Waals surface area (Å²) in [6, 6.07) is 0.607. The quantitative estimate of drug-likeness (QED) is 0.908. The summed E-state index contributed by atoms with van der Waals surface area (Å²) in [4.78, 5) is 15.5. The van der Waals surface area contributed by atoms with Crippen molar-refractivity contribution >= 4 is 6.03 Å². The van der Waals surface area contributed by atoms with Crippen LogP contribution in [-0.4, -0.2) is 58.8 Å². The SMILES string of the molecule is CCc1nn(C)cc1CNC1CCN(C(=O)N(C)C)CC1. The highest BCUT2D eigenvalue weighted by Gasteiger charge is 2.23. The van der Waals surface area contributed by atoms with Crippen LogP contribution in [0.25, 0.3) is 0 Å². The van der Waals surface area contributed by atoms with Crippen molar-refractivity contribution in [3.05, 3.63) is 17.5 Å². The topological polar surface area (TPSA) is 53.4 Å². The monoisotopic (exact) mass is 293 g/mol. The smallest absolute Gasteiger partial charge is 0.319 e. The van der Waals surface area contributed by atoms with Gasteiger partial charge in [0.1, 0.15) is 0 Å². The highest BCUT2D eigenvalue weighted by molar-refractivity contribution is 5.73. The first-order valence-electron chi connectivity index (χ1n) is 7.72. The van der Waals surface area contributed by atoms with Gasteiger partial charge in [-0.3, -0.25) is 4.68 Å². The molecular formula is C15H27N5O. The lowest BCUT2D eigenvalue weighted by molar-refractivity contribution is 0.152. The van der Waals surface area contributed by atoms with Gasteiger partial charge in [0.15, 0.2) is 0 Å². The number of aryl methyl sites for hydroxylation is 2. The molecule has 6 heteroatoms. The maximum absolute atomic E-state index is 11.9. The minimum Gasteiger partial charge on any atom is -0.331 e. The molecule has 0 aliphatic carbocycles. The van der Waals surface area contributed by atoms with Crippen LogP contribution >= 0.6 is 0 Å². The molecule has 0 spiro atoms. The van der Waals surface area contributed by atoms with E-state index in [0.29, 0.717) is 6.04 Å². The molecule has 2 amide bonds. The number of carbonyl (C=O) groups is 1. The molecule has 1 aliphatic rings. The molecule has 0 radical (unpaired) electrons. The number of amides is 2. The maximum atomic E-state index is 11.9. The molecule has 0 saturated carbocycles. The fraction of sp³-hybridized carbons (Fsp3) is 0.733. The first-order valence-corrected chi connectivity index (χ1v) is 7.72. The molecule has 2 rings (SSSR count). The van der Waals surface area contributed by atoms with Crippen LogP contribution in [0.5, 0.6) is 0 Å². The van der Waals surface area contributed by atoms with Gasteiger partial charge in [-0.2, -0.15) is 5.10 Å². The van der Waals surface area contributed by atoms with E-state index in [1.165, 1.54) is 11.3 Å². The Hall–Kier alpha value is -1.56. The molecule has 0 atom stereocenters. The van der Waals surface area contributed by atoms with Crippen molar-refractivity contribution < 1.29 is 4.79 Å². The van der Waals surface area contributed by atoms with E-state index in [1.807, 2.05) is 16.6 Å². The second-order valence-corrected chi connectivity index (χ2v) is 5.95. The summed E-state index contributed by atoms with van der Waals surface area (Å²) in [5, 5.41) is 8.08. The second kappa shape index (κ2) is 6.93. The minimum absolute atomic E-state index is 0.119. The van der Waals surface area contributed by atoms with Crippen LogP contribution in [0, 0.1) is 0 Å². The molecule has 0 bridgehead atoms. The van der Waals surface area contributed by atoms with Crippen molar-refractivity contribution in [2.75, 3.05) is 27.2 Å². The molecule has 1 aromatic heterocycles. The summed E-state index contributed by atoms with van der Waals surface area (Å²) in [6.45, 7) is 4.67. The lowest BCUT2D eigenvalue weighted by atomic mass is 10.0. The molecule has 2 heterocycles. The standard InChI is InChI=1S/C15H27N5O/c1-5-14-12(11-19(4)17-14)10-16-13-6-8-20(9-7-13)15(21)18(2)3/h11,13,16H,5-10H2,1-4H3. The largest absolute Gasteiger partial charge is 0.331 e. The zero-order valence-electron chi connectivity index (χ0n) is 13.6. The van der Waals surface area contributed by atoms with Crippen molar-refractivity contribution in [3.8, 4) is 0 Å². The molecule has 6 nitrogen and oxygen atoms in total. The Kier molecular flexibility index (Phi) is 5.22. The zero-order chi connectivity index (χ0) is 15.4. The highest BCUT2D eigenvalue weighted by Crippen LogP contribution is 2.13. The summed E-state index contributed by atoms with van der Waals surface area (Å²) in [5.74, 6) is 0. The van der Waals surface area contributed by atoms with E-state index < -0.39 is 0 Å². The van der Waals surface area contributed by atoms with Gasteiger partial charge in [-0.25, -0.2) is 4.79 Å². The number of nitrogens with one attached hydrogen (secondary N) is 1. The Morgan fingerprint density at radius 3 is 2.67 bits per heavy atom. The zero-order valence-corrected chi connectivity index (χ0v) is 13.6. The van der Waals surface area contributed by atoms with E-state index in [9.17, 15) is 4.79 Å². The van der Waals surface area contributed by atoms with Gasteiger partial charge in [0, 0.05) is 58.6 Å². The number of aromatic nitrogens is 2. The number of hydrogen-bond donors (Lipinski definition) is 1. The van der Waals surface area contributed by atoms with Gasteiger partial charge in [-0.05, 0) is 19.3 Å². The van der Waals surface area contributed by atoms with Gasteiger partial charge in [0.2, 0.25) is 0 Å². The van der Waals surface area contributed by atoms with Crippen molar-refractivity contribution in [3.63, 3.8) is 0 Å². The fourth-order valence-corrected chi connectivity index (χ4v) is 2.84. The number of piperidine rings is 1. The van der Waals surface area contributed by atoms with Crippen molar-refractivity contribution in [1.82, 2.24) is 24.9 Å². The van der Waals surface area contributed by atoms with Gasteiger partial charge >= 0.3 is 6.03 Å². The normalized spacial score (nSPS) is 16.3. The van der Waals surface area contributed by atoms with E-state index in [1.54, 1.807) is 19.0 Å². The predicted molar refractivity (Wildman–Crippen MR) is 83.1 cm³/mol. The molecule has 1 aliphatic heterocycles. The van der Waals surface area contributed by atoms with E-state index in [2.05, 4.69) is 23.5 Å². The summed E-state index contributed by atoms with van der Waals surface area (Å²) in [6.07, 6.45) is 5.09. The first kappa shape index (κ1) is 15.8. The van der Waals surface area contributed by atoms with Gasteiger partial charge in [0.05, 0.1) is 5.69 Å². The number of hydrogen-bond acceptors (Lipinski definition) is 3. The summed E-state index contributed by atoms with van der Waals surface area (Å²) in [5.41, 5.74) is 2.46. The van der Waals surface area contributed by atoms with Gasteiger partial charge < -0.3 is 15.1 Å². The van der Waals surface area contributed by atoms with E-state index in [0.717, 1.165) is 38.9 Å². The number of nitrogens with zero attached hydrogens (tertiary/aromatic N) is 4. The van der Waals surface area contributed by atoms with Crippen LogP contribution in [0.1, 0.15) is 31.0 Å². The van der Waals surface area contributed by atoms with E-state index >= 15 is 0 Å². The first-order chi connectivity index (χ1) is 10.0. The number of carbonyl (C=O) groups excluding carboxylic acids is 1. The third-order valence-electron chi connectivity index (χ3n) is 4.06. The van der Waals surface area contributed by atoms with Crippen LogP contribution in [0.4, 0.5) is 4.79 Å². The molecule has 1 aromatic rings. The van der Waals surface area contributed by atoms with Crippen LogP contribution < -0.4 is 5.32 Å². The fourth-order valence-electron chi connectivity index (χ4n) is 2.84. The Bertz CT molecular complexity index is 474. The second-order valence-electron chi connectivity index (χ2n) is 5.95. The molecular weight excluding hydrogens is 266 g/mol. The predicted octanol–water partition coefficient (Wildman–Crippen LogP) is 1.22. The van der Waals surface area contributed by atoms with Crippen molar-refractivity contribution in [1.29, 1.82) is 0 Å². The number of likely N-dealkylation sites (tertiary alicyclic amines) is 1. The molecule has 118 valence electrons. The lowest BCUT2D eigenvalue weighted by Crippen LogP contribution is -2.47. The summed E-state index contributed by atoms with van der Waals surface area (Å²) < 4.78 is 1.88. The molecule has 1 saturated heterocycles. The van der Waals surface area contributed by atoms with Gasteiger partial charge in [-0.15, -0.1) is 0 Å². The van der Waals surface area contributed by atoms with Gasteiger partial charge in [-0.1, -0.05) is 6.92 Å². The van der Waals surface area contributed by atoms with E-state index in [4.69, 9.17) is 0 Å². The third-order valence-corrected chi connectivity index (χ3v) is 4.06. The van der Waals surface area contributed by atoms with Crippen LogP contribution in [0.15, 0.2) is 6.20 Å². The molecule has 0 unspecified atom stereocenters. The van der Waals surface area contributed by atoms with Crippen molar-refractivity contribution in [2.24, 2.45) is 7.05 Å². The Balaban J connectivity index is 1.80. The third kappa shape index (κ3) is 3.97. The minimum atomic E-state index is 0.119. The molecule has 21 heavy (non-hydrogen) atoms. The van der Waals surface area contributed by atoms with Crippen molar-refractivity contribution in [2.45, 2.75) is 38.8 Å². The number of urea groups is 1. The Labute approximate surface area is 127 Å². The Morgan fingerprint density at radius 2 is 2.10 bits per heavy atom. The van der Waals surface area contributed by atoms with Crippen LogP contribution in [0.3, 0.4) is 0 Å².